The molecule has 3 aromatic carbocycles. The highest BCUT2D eigenvalue weighted by atomic mass is 35.5. The van der Waals surface area contributed by atoms with Gasteiger partial charge in [0, 0.05) is 33.6 Å². The summed E-state index contributed by atoms with van der Waals surface area (Å²) >= 11 is 5.83. The van der Waals surface area contributed by atoms with Gasteiger partial charge in [0.2, 0.25) is 0 Å². The van der Waals surface area contributed by atoms with Gasteiger partial charge in [0.1, 0.15) is 11.5 Å². The van der Waals surface area contributed by atoms with Gasteiger partial charge in [0.15, 0.2) is 5.78 Å². The van der Waals surface area contributed by atoms with Gasteiger partial charge in [0.25, 0.3) is 0 Å². The van der Waals surface area contributed by atoms with Crippen LogP contribution in [0.3, 0.4) is 0 Å². The van der Waals surface area contributed by atoms with Crippen LogP contribution in [0.1, 0.15) is 15.9 Å². The molecule has 0 saturated carbocycles. The number of rotatable bonds is 7. The molecule has 0 atom stereocenters. The van der Waals surface area contributed by atoms with Crippen molar-refractivity contribution in [3.05, 3.63) is 89.0 Å². The average molecular weight is 437 g/mol. The van der Waals surface area contributed by atoms with Crippen molar-refractivity contribution < 1.29 is 19.1 Å². The number of anilines is 2. The van der Waals surface area contributed by atoms with Gasteiger partial charge in [-0.15, -0.1) is 0 Å². The number of ether oxygens (including phenoxy) is 2. The molecule has 0 unspecified atom stereocenters. The molecule has 0 saturated heterocycles. The van der Waals surface area contributed by atoms with Crippen molar-refractivity contribution in [1.29, 1.82) is 0 Å². The van der Waals surface area contributed by atoms with Crippen LogP contribution >= 0.6 is 11.6 Å². The van der Waals surface area contributed by atoms with Crippen molar-refractivity contribution in [2.24, 2.45) is 0 Å². The summed E-state index contributed by atoms with van der Waals surface area (Å²) in [7, 11) is 3.14. The molecule has 0 fully saturated rings. The summed E-state index contributed by atoms with van der Waals surface area (Å²) in [4.78, 5) is 24.6. The average Bonchev–Trinajstić information content (AvgIpc) is 2.79. The smallest absolute Gasteiger partial charge is 0.323 e. The zero-order valence-corrected chi connectivity index (χ0v) is 17.8. The Morgan fingerprint density at radius 3 is 2.03 bits per heavy atom. The van der Waals surface area contributed by atoms with Crippen LogP contribution in [0.15, 0.2) is 72.8 Å². The minimum absolute atomic E-state index is 0.171. The molecule has 158 valence electrons. The van der Waals surface area contributed by atoms with Crippen LogP contribution in [-0.2, 0) is 0 Å². The summed E-state index contributed by atoms with van der Waals surface area (Å²) < 4.78 is 10.5. The lowest BCUT2D eigenvalue weighted by Crippen LogP contribution is -2.19. The topological polar surface area (TPSA) is 76.7 Å². The molecule has 0 spiro atoms. The lowest BCUT2D eigenvalue weighted by molar-refractivity contribution is 0.104. The first-order valence-corrected chi connectivity index (χ1v) is 9.74. The Hall–Kier alpha value is -3.77. The lowest BCUT2D eigenvalue weighted by atomic mass is 10.1. The van der Waals surface area contributed by atoms with Crippen LogP contribution in [0, 0.1) is 0 Å². The molecule has 0 aliphatic heterocycles. The SMILES string of the molecule is COc1ccc(/C=C/C(=O)c2ccc(NC(=O)Nc3ccc(Cl)cc3)cc2)c(OC)c1. The van der Waals surface area contributed by atoms with E-state index in [1.54, 1.807) is 81.0 Å². The Kier molecular flexibility index (Phi) is 7.30. The van der Waals surface area contributed by atoms with E-state index in [4.69, 9.17) is 21.1 Å². The fourth-order valence-corrected chi connectivity index (χ4v) is 2.89. The molecular formula is C24H21ClN2O4. The number of benzene rings is 3. The zero-order valence-electron chi connectivity index (χ0n) is 17.0. The lowest BCUT2D eigenvalue weighted by Gasteiger charge is -2.08. The number of methoxy groups -OCH3 is 2. The number of nitrogens with one attached hydrogen (secondary N) is 2. The Morgan fingerprint density at radius 2 is 1.45 bits per heavy atom. The molecule has 2 amide bonds. The number of allylic oxidation sites excluding steroid dienone is 1. The largest absolute Gasteiger partial charge is 0.497 e. The standard InChI is InChI=1S/C24H21ClN2O4/c1-30-21-13-5-17(23(15-21)31-2)6-14-22(28)16-3-9-19(10-4-16)26-24(29)27-20-11-7-18(25)8-12-20/h3-15H,1-2H3,(H2,26,27,29)/b14-6+. The third kappa shape index (κ3) is 6.10. The van der Waals surface area contributed by atoms with Crippen LogP contribution in [-0.4, -0.2) is 26.0 Å². The molecule has 7 heteroatoms. The van der Waals surface area contributed by atoms with E-state index in [1.807, 2.05) is 6.07 Å². The summed E-state index contributed by atoms with van der Waals surface area (Å²) in [6.45, 7) is 0. The van der Waals surface area contributed by atoms with Crippen LogP contribution in [0.5, 0.6) is 11.5 Å². The van der Waals surface area contributed by atoms with Crippen LogP contribution in [0.2, 0.25) is 5.02 Å². The van der Waals surface area contributed by atoms with E-state index in [0.717, 1.165) is 5.56 Å². The van der Waals surface area contributed by atoms with Crippen molar-refractivity contribution in [3.63, 3.8) is 0 Å². The summed E-state index contributed by atoms with van der Waals surface area (Å²) in [5.74, 6) is 1.10. The molecule has 0 bridgehead atoms. The summed E-state index contributed by atoms with van der Waals surface area (Å²) in [5, 5.41) is 6.01. The maximum Gasteiger partial charge on any atom is 0.323 e. The molecule has 3 rings (SSSR count). The maximum atomic E-state index is 12.5. The molecule has 3 aromatic rings. The van der Waals surface area contributed by atoms with Gasteiger partial charge in [-0.05, 0) is 72.8 Å². The number of ketones is 1. The van der Waals surface area contributed by atoms with E-state index >= 15 is 0 Å². The molecule has 31 heavy (non-hydrogen) atoms. The van der Waals surface area contributed by atoms with Gasteiger partial charge in [0.05, 0.1) is 14.2 Å². The third-order valence-corrected chi connectivity index (χ3v) is 4.64. The van der Waals surface area contributed by atoms with E-state index in [2.05, 4.69) is 10.6 Å². The predicted molar refractivity (Wildman–Crippen MR) is 123 cm³/mol. The van der Waals surface area contributed by atoms with Gasteiger partial charge in [-0.3, -0.25) is 4.79 Å². The van der Waals surface area contributed by atoms with Crippen LogP contribution in [0.25, 0.3) is 6.08 Å². The minimum atomic E-state index is -0.395. The minimum Gasteiger partial charge on any atom is -0.497 e. The van der Waals surface area contributed by atoms with E-state index in [-0.39, 0.29) is 5.78 Å². The van der Waals surface area contributed by atoms with E-state index in [0.29, 0.717) is 33.5 Å². The highest BCUT2D eigenvalue weighted by molar-refractivity contribution is 6.30. The molecule has 0 aliphatic rings. The van der Waals surface area contributed by atoms with E-state index < -0.39 is 6.03 Å². The van der Waals surface area contributed by atoms with Gasteiger partial charge in [-0.1, -0.05) is 11.6 Å². The van der Waals surface area contributed by atoms with Crippen LogP contribution < -0.4 is 20.1 Å². The van der Waals surface area contributed by atoms with E-state index in [1.165, 1.54) is 6.08 Å². The second-order valence-electron chi connectivity index (χ2n) is 6.47. The van der Waals surface area contributed by atoms with Crippen molar-refractivity contribution in [3.8, 4) is 11.5 Å². The number of amides is 2. The van der Waals surface area contributed by atoms with Gasteiger partial charge >= 0.3 is 6.03 Å². The number of halogens is 1. The Balaban J connectivity index is 1.61. The Morgan fingerprint density at radius 1 is 0.839 bits per heavy atom. The predicted octanol–water partition coefficient (Wildman–Crippen LogP) is 5.90. The molecule has 6 nitrogen and oxygen atoms in total. The normalized spacial score (nSPS) is 10.5. The molecule has 0 radical (unpaired) electrons. The highest BCUT2D eigenvalue weighted by Crippen LogP contribution is 2.25. The fraction of sp³-hybridized carbons (Fsp3) is 0.0833. The second-order valence-corrected chi connectivity index (χ2v) is 6.91. The molecule has 0 aliphatic carbocycles. The number of carbonyl (C=O) groups excluding carboxylic acids is 2. The summed E-state index contributed by atoms with van der Waals surface area (Å²) in [6, 6.07) is 18.4. The van der Waals surface area contributed by atoms with Crippen molar-refractivity contribution in [2.75, 3.05) is 24.9 Å². The first-order valence-electron chi connectivity index (χ1n) is 9.36. The Labute approximate surface area is 185 Å². The van der Waals surface area contributed by atoms with Crippen molar-refractivity contribution in [2.45, 2.75) is 0 Å². The quantitative estimate of drug-likeness (QED) is 0.357. The molecule has 0 aromatic heterocycles. The second kappa shape index (κ2) is 10.3. The summed E-state index contributed by atoms with van der Waals surface area (Å²) in [5.41, 5.74) is 2.43. The van der Waals surface area contributed by atoms with Crippen LogP contribution in [0.4, 0.5) is 16.2 Å². The Bertz CT molecular complexity index is 1090. The maximum absolute atomic E-state index is 12.5. The first-order chi connectivity index (χ1) is 15.0. The third-order valence-electron chi connectivity index (χ3n) is 4.38. The fourth-order valence-electron chi connectivity index (χ4n) is 2.76. The number of urea groups is 1. The molecule has 2 N–H and O–H groups in total. The number of carbonyl (C=O) groups is 2. The molecule has 0 heterocycles. The van der Waals surface area contributed by atoms with Gasteiger partial charge < -0.3 is 20.1 Å². The number of hydrogen-bond acceptors (Lipinski definition) is 4. The summed E-state index contributed by atoms with van der Waals surface area (Å²) in [6.07, 6.45) is 3.16. The van der Waals surface area contributed by atoms with Gasteiger partial charge in [-0.2, -0.15) is 0 Å². The highest BCUT2D eigenvalue weighted by Gasteiger charge is 2.07. The van der Waals surface area contributed by atoms with Crippen molar-refractivity contribution >= 4 is 40.9 Å². The molecular weight excluding hydrogens is 416 g/mol. The van der Waals surface area contributed by atoms with E-state index in [9.17, 15) is 9.59 Å². The first kappa shape index (κ1) is 21.9. The van der Waals surface area contributed by atoms with Gasteiger partial charge in [-0.25, -0.2) is 4.79 Å². The zero-order chi connectivity index (χ0) is 22.2. The van der Waals surface area contributed by atoms with Crippen molar-refractivity contribution in [1.82, 2.24) is 0 Å². The number of hydrogen-bond donors (Lipinski definition) is 2. The monoisotopic (exact) mass is 436 g/mol.